The molecule has 4 heteroatoms. The largest absolute Gasteiger partial charge is 0.507 e. The second-order valence-corrected chi connectivity index (χ2v) is 6.12. The maximum Gasteiger partial charge on any atom is 0.129 e. The molecule has 1 unspecified atom stereocenters. The lowest BCUT2D eigenvalue weighted by Crippen LogP contribution is -2.27. The zero-order valence-electron chi connectivity index (χ0n) is 11.2. The van der Waals surface area contributed by atoms with Gasteiger partial charge in [0.05, 0.1) is 4.47 Å². The van der Waals surface area contributed by atoms with Crippen molar-refractivity contribution in [1.29, 1.82) is 0 Å². The van der Waals surface area contributed by atoms with Gasteiger partial charge in [-0.25, -0.2) is 0 Å². The Morgan fingerprint density at radius 2 is 2.00 bits per heavy atom. The van der Waals surface area contributed by atoms with Crippen molar-refractivity contribution in [3.63, 3.8) is 0 Å². The van der Waals surface area contributed by atoms with Gasteiger partial charge in [0.25, 0.3) is 0 Å². The zero-order chi connectivity index (χ0) is 14.5. The van der Waals surface area contributed by atoms with E-state index in [0.717, 1.165) is 33.6 Å². The van der Waals surface area contributed by atoms with Gasteiger partial charge in [0.2, 0.25) is 0 Å². The predicted molar refractivity (Wildman–Crippen MR) is 87.3 cm³/mol. The van der Waals surface area contributed by atoms with Gasteiger partial charge < -0.3 is 10.4 Å². The first-order valence-electron chi connectivity index (χ1n) is 6.50. The van der Waals surface area contributed by atoms with Crippen LogP contribution in [-0.2, 0) is 13.0 Å². The number of phenolic OH excluding ortho intramolecular Hbond substituents is 1. The molecule has 2 nitrogen and oxygen atoms in total. The van der Waals surface area contributed by atoms with Gasteiger partial charge in [-0.1, -0.05) is 35.9 Å². The van der Waals surface area contributed by atoms with E-state index in [-0.39, 0.29) is 5.75 Å². The Morgan fingerprint density at radius 3 is 2.70 bits per heavy atom. The Morgan fingerprint density at radius 1 is 1.25 bits per heavy atom. The van der Waals surface area contributed by atoms with Gasteiger partial charge in [0, 0.05) is 17.6 Å². The molecule has 0 heterocycles. The molecule has 0 aliphatic carbocycles. The summed E-state index contributed by atoms with van der Waals surface area (Å²) >= 11 is 9.48. The normalized spacial score (nSPS) is 12.3. The van der Waals surface area contributed by atoms with Crippen LogP contribution in [0.1, 0.15) is 18.1 Å². The van der Waals surface area contributed by atoms with Gasteiger partial charge in [-0.05, 0) is 58.6 Å². The van der Waals surface area contributed by atoms with Crippen molar-refractivity contribution in [2.24, 2.45) is 0 Å². The van der Waals surface area contributed by atoms with Gasteiger partial charge in [-0.3, -0.25) is 0 Å². The van der Waals surface area contributed by atoms with Crippen LogP contribution in [0.2, 0.25) is 5.02 Å². The summed E-state index contributed by atoms with van der Waals surface area (Å²) in [7, 11) is 0. The van der Waals surface area contributed by atoms with E-state index in [0.29, 0.717) is 6.04 Å². The molecular formula is C16H17BrClNO. The van der Waals surface area contributed by atoms with Gasteiger partial charge in [0.15, 0.2) is 0 Å². The molecule has 1 atom stereocenters. The highest BCUT2D eigenvalue weighted by Crippen LogP contribution is 2.24. The van der Waals surface area contributed by atoms with E-state index in [1.54, 1.807) is 6.07 Å². The summed E-state index contributed by atoms with van der Waals surface area (Å²) in [6.45, 7) is 2.89. The maximum absolute atomic E-state index is 9.46. The van der Waals surface area contributed by atoms with Crippen LogP contribution >= 0.6 is 27.5 Å². The molecule has 0 bridgehead atoms. The van der Waals surface area contributed by atoms with Crippen LogP contribution in [-0.4, -0.2) is 11.1 Å². The van der Waals surface area contributed by atoms with Crippen molar-refractivity contribution < 1.29 is 5.11 Å². The van der Waals surface area contributed by atoms with Crippen LogP contribution in [0, 0.1) is 0 Å². The molecule has 2 aromatic carbocycles. The lowest BCUT2D eigenvalue weighted by molar-refractivity contribution is 0.471. The molecule has 0 radical (unpaired) electrons. The molecule has 106 valence electrons. The first-order valence-corrected chi connectivity index (χ1v) is 7.67. The molecule has 0 fully saturated rings. The monoisotopic (exact) mass is 353 g/mol. The Labute approximate surface area is 132 Å². The third kappa shape index (κ3) is 4.23. The summed E-state index contributed by atoms with van der Waals surface area (Å²) in [5.41, 5.74) is 2.28. The molecule has 0 aliphatic rings. The summed E-state index contributed by atoms with van der Waals surface area (Å²) in [6.07, 6.45) is 0.888. The number of nitrogens with one attached hydrogen (secondary N) is 1. The van der Waals surface area contributed by atoms with Crippen molar-refractivity contribution in [3.05, 3.63) is 63.1 Å². The molecule has 20 heavy (non-hydrogen) atoms. The van der Waals surface area contributed by atoms with Crippen LogP contribution in [0.15, 0.2) is 46.9 Å². The third-order valence-electron chi connectivity index (χ3n) is 3.15. The maximum atomic E-state index is 9.46. The molecule has 0 amide bonds. The number of hydrogen-bond donors (Lipinski definition) is 2. The predicted octanol–water partition coefficient (Wildman–Crippen LogP) is 4.53. The van der Waals surface area contributed by atoms with E-state index in [1.807, 2.05) is 30.3 Å². The molecule has 2 N–H and O–H groups in total. The minimum absolute atomic E-state index is 0.262. The first kappa shape index (κ1) is 15.4. The Balaban J connectivity index is 1.90. The molecule has 0 saturated carbocycles. The van der Waals surface area contributed by atoms with Crippen LogP contribution in [0.4, 0.5) is 0 Å². The zero-order valence-corrected chi connectivity index (χ0v) is 13.6. The average molecular weight is 355 g/mol. The Kier molecular flexibility index (Phi) is 5.46. The summed E-state index contributed by atoms with van der Waals surface area (Å²) in [6, 6.07) is 13.8. The smallest absolute Gasteiger partial charge is 0.129 e. The molecule has 0 aromatic heterocycles. The highest BCUT2D eigenvalue weighted by Gasteiger charge is 2.07. The van der Waals surface area contributed by atoms with E-state index in [2.05, 4.69) is 34.2 Å². The van der Waals surface area contributed by atoms with Crippen molar-refractivity contribution in [3.8, 4) is 5.75 Å². The fraction of sp³-hybridized carbons (Fsp3) is 0.250. The van der Waals surface area contributed by atoms with Gasteiger partial charge in [-0.15, -0.1) is 0 Å². The first-order chi connectivity index (χ1) is 9.56. The van der Waals surface area contributed by atoms with E-state index >= 15 is 0 Å². The van der Waals surface area contributed by atoms with Gasteiger partial charge in [-0.2, -0.15) is 0 Å². The number of phenols is 1. The quantitative estimate of drug-likeness (QED) is 0.827. The van der Waals surface area contributed by atoms with Crippen molar-refractivity contribution in [2.45, 2.75) is 25.9 Å². The Hall–Kier alpha value is -1.03. The van der Waals surface area contributed by atoms with Crippen LogP contribution in [0.5, 0.6) is 5.75 Å². The fourth-order valence-electron chi connectivity index (χ4n) is 2.02. The molecule has 0 spiro atoms. The number of hydrogen-bond acceptors (Lipinski definition) is 2. The van der Waals surface area contributed by atoms with Crippen LogP contribution in [0.25, 0.3) is 0 Å². The second kappa shape index (κ2) is 7.11. The number of halogens is 2. The number of benzene rings is 2. The lowest BCUT2D eigenvalue weighted by atomic mass is 10.1. The minimum Gasteiger partial charge on any atom is -0.507 e. The minimum atomic E-state index is 0.262. The van der Waals surface area contributed by atoms with Gasteiger partial charge in [0.1, 0.15) is 5.75 Å². The standard InChI is InChI=1S/C16H17BrClNO/c1-11(8-13-4-2-3-5-15(13)18)19-10-12-6-7-16(20)14(17)9-12/h2-7,9,11,19-20H,8,10H2,1H3. The molecule has 0 aliphatic heterocycles. The van der Waals surface area contributed by atoms with E-state index in [9.17, 15) is 5.11 Å². The van der Waals surface area contributed by atoms with E-state index in [1.165, 1.54) is 0 Å². The van der Waals surface area contributed by atoms with Crippen molar-refractivity contribution in [2.75, 3.05) is 0 Å². The summed E-state index contributed by atoms with van der Waals surface area (Å²) < 4.78 is 0.718. The highest BCUT2D eigenvalue weighted by atomic mass is 79.9. The van der Waals surface area contributed by atoms with E-state index < -0.39 is 0 Å². The fourth-order valence-corrected chi connectivity index (χ4v) is 2.66. The van der Waals surface area contributed by atoms with Crippen LogP contribution in [0.3, 0.4) is 0 Å². The summed E-state index contributed by atoms with van der Waals surface area (Å²) in [4.78, 5) is 0. The van der Waals surface area contributed by atoms with Gasteiger partial charge >= 0.3 is 0 Å². The number of rotatable bonds is 5. The molecule has 2 rings (SSSR count). The molecule has 2 aromatic rings. The van der Waals surface area contributed by atoms with Crippen molar-refractivity contribution >= 4 is 27.5 Å². The van der Waals surface area contributed by atoms with Crippen LogP contribution < -0.4 is 5.32 Å². The summed E-state index contributed by atoms with van der Waals surface area (Å²) in [5.74, 6) is 0.262. The highest BCUT2D eigenvalue weighted by molar-refractivity contribution is 9.10. The SMILES string of the molecule is CC(Cc1ccccc1Cl)NCc1ccc(O)c(Br)c1. The lowest BCUT2D eigenvalue weighted by Gasteiger charge is -2.15. The van der Waals surface area contributed by atoms with E-state index in [4.69, 9.17) is 11.6 Å². The molecule has 0 saturated heterocycles. The average Bonchev–Trinajstić information content (AvgIpc) is 2.43. The number of aromatic hydroxyl groups is 1. The summed E-state index contributed by atoms with van der Waals surface area (Å²) in [5, 5.41) is 13.7. The molecular weight excluding hydrogens is 338 g/mol. The third-order valence-corrected chi connectivity index (χ3v) is 4.15. The second-order valence-electron chi connectivity index (χ2n) is 4.86. The topological polar surface area (TPSA) is 32.3 Å². The van der Waals surface area contributed by atoms with Crippen molar-refractivity contribution in [1.82, 2.24) is 5.32 Å². The Bertz CT molecular complexity index is 588.